The Morgan fingerprint density at radius 1 is 1.05 bits per heavy atom. The highest BCUT2D eigenvalue weighted by Gasteiger charge is 2.09. The van der Waals surface area contributed by atoms with E-state index in [0.717, 1.165) is 10.0 Å². The Hall–Kier alpha value is -1.46. The molecule has 2 aromatic rings. The number of alkyl halides is 2. The molecule has 0 aliphatic carbocycles. The molecule has 106 valence electrons. The molecule has 2 aromatic carbocycles. The summed E-state index contributed by atoms with van der Waals surface area (Å²) in [6.45, 7) is -1.69. The van der Waals surface area contributed by atoms with Crippen molar-refractivity contribution in [2.24, 2.45) is 0 Å². The second-order valence-electron chi connectivity index (χ2n) is 4.22. The Morgan fingerprint density at radius 2 is 1.80 bits per heavy atom. The number of hydrogen-bond acceptors (Lipinski definition) is 2. The Kier molecular flexibility index (Phi) is 5.49. The summed E-state index contributed by atoms with van der Waals surface area (Å²) in [5.74, 6) is 0.198. The summed E-state index contributed by atoms with van der Waals surface area (Å²) in [5.41, 5.74) is 1.83. The average Bonchev–Trinajstić information content (AvgIpc) is 2.42. The predicted octanol–water partition coefficient (Wildman–Crippen LogP) is 4.34. The van der Waals surface area contributed by atoms with Crippen LogP contribution in [0.2, 0.25) is 0 Å². The van der Waals surface area contributed by atoms with E-state index in [1.54, 1.807) is 12.1 Å². The van der Waals surface area contributed by atoms with Crippen LogP contribution in [0.15, 0.2) is 53.0 Å². The molecule has 0 amide bonds. The zero-order chi connectivity index (χ0) is 14.4. The van der Waals surface area contributed by atoms with Crippen molar-refractivity contribution >= 4 is 15.9 Å². The summed E-state index contributed by atoms with van der Waals surface area (Å²) < 4.78 is 30.0. The second-order valence-corrected chi connectivity index (χ2v) is 5.14. The molecule has 0 heterocycles. The minimum absolute atomic E-state index is 0.198. The van der Waals surface area contributed by atoms with E-state index in [-0.39, 0.29) is 5.75 Å². The topological polar surface area (TPSA) is 21.3 Å². The van der Waals surface area contributed by atoms with E-state index < -0.39 is 6.61 Å². The van der Waals surface area contributed by atoms with Gasteiger partial charge in [-0.05, 0) is 23.8 Å². The fraction of sp³-hybridized carbons (Fsp3) is 0.200. The lowest BCUT2D eigenvalue weighted by atomic mass is 10.2. The largest absolute Gasteiger partial charge is 0.434 e. The standard InChI is InChI=1S/C15H14BrF2NO/c16-13-6-7-14(20-15(17)18)12(8-13)10-19-9-11-4-2-1-3-5-11/h1-8,15,19H,9-10H2. The summed E-state index contributed by atoms with van der Waals surface area (Å²) in [7, 11) is 0. The number of halogens is 3. The Morgan fingerprint density at radius 3 is 2.50 bits per heavy atom. The molecule has 0 aliphatic heterocycles. The van der Waals surface area contributed by atoms with Crippen LogP contribution in [0.4, 0.5) is 8.78 Å². The third kappa shape index (κ3) is 4.58. The summed E-state index contributed by atoms with van der Waals surface area (Å²) in [4.78, 5) is 0. The molecule has 0 saturated carbocycles. The smallest absolute Gasteiger partial charge is 0.387 e. The number of ether oxygens (including phenoxy) is 1. The van der Waals surface area contributed by atoms with Crippen molar-refractivity contribution < 1.29 is 13.5 Å². The van der Waals surface area contributed by atoms with Crippen molar-refractivity contribution in [3.05, 3.63) is 64.1 Å². The van der Waals surface area contributed by atoms with Crippen LogP contribution in [0.1, 0.15) is 11.1 Å². The van der Waals surface area contributed by atoms with Crippen molar-refractivity contribution in [3.8, 4) is 5.75 Å². The average molecular weight is 342 g/mol. The monoisotopic (exact) mass is 341 g/mol. The zero-order valence-electron chi connectivity index (χ0n) is 10.7. The van der Waals surface area contributed by atoms with Crippen LogP contribution < -0.4 is 10.1 Å². The number of hydrogen-bond donors (Lipinski definition) is 1. The van der Waals surface area contributed by atoms with Gasteiger partial charge in [-0.25, -0.2) is 0 Å². The second kappa shape index (κ2) is 7.36. The lowest BCUT2D eigenvalue weighted by Crippen LogP contribution is -2.14. The van der Waals surface area contributed by atoms with Gasteiger partial charge in [-0.15, -0.1) is 0 Å². The normalized spacial score (nSPS) is 10.8. The van der Waals surface area contributed by atoms with E-state index in [1.165, 1.54) is 6.07 Å². The summed E-state index contributed by atoms with van der Waals surface area (Å²) >= 11 is 3.33. The molecule has 0 radical (unpaired) electrons. The number of rotatable bonds is 6. The molecule has 1 N–H and O–H groups in total. The first kappa shape index (κ1) is 14.9. The van der Waals surface area contributed by atoms with Crippen LogP contribution in [0.3, 0.4) is 0 Å². The Labute approximate surface area is 124 Å². The minimum Gasteiger partial charge on any atom is -0.434 e. The molecule has 0 aliphatic rings. The van der Waals surface area contributed by atoms with Gasteiger partial charge >= 0.3 is 6.61 Å². The quantitative estimate of drug-likeness (QED) is 0.843. The number of nitrogens with one attached hydrogen (secondary N) is 1. The molecule has 0 saturated heterocycles. The predicted molar refractivity (Wildman–Crippen MR) is 77.8 cm³/mol. The van der Waals surface area contributed by atoms with Gasteiger partial charge in [-0.3, -0.25) is 0 Å². The van der Waals surface area contributed by atoms with Crippen LogP contribution in [-0.4, -0.2) is 6.61 Å². The van der Waals surface area contributed by atoms with E-state index in [4.69, 9.17) is 0 Å². The fourth-order valence-corrected chi connectivity index (χ4v) is 2.24. The van der Waals surface area contributed by atoms with Crippen molar-refractivity contribution in [2.75, 3.05) is 0 Å². The van der Waals surface area contributed by atoms with E-state index in [1.807, 2.05) is 30.3 Å². The maximum atomic E-state index is 12.3. The first-order valence-electron chi connectivity index (χ1n) is 6.13. The molecule has 0 unspecified atom stereocenters. The van der Waals surface area contributed by atoms with Gasteiger partial charge in [-0.2, -0.15) is 8.78 Å². The minimum atomic E-state index is -2.82. The Balaban J connectivity index is 1.99. The van der Waals surface area contributed by atoms with Crippen molar-refractivity contribution in [1.29, 1.82) is 0 Å². The highest BCUT2D eigenvalue weighted by Crippen LogP contribution is 2.24. The van der Waals surface area contributed by atoms with Gasteiger partial charge < -0.3 is 10.1 Å². The summed E-state index contributed by atoms with van der Waals surface area (Å²) in [5, 5.41) is 3.21. The van der Waals surface area contributed by atoms with E-state index in [2.05, 4.69) is 26.0 Å². The van der Waals surface area contributed by atoms with Crippen LogP contribution in [0.5, 0.6) is 5.75 Å². The highest BCUT2D eigenvalue weighted by molar-refractivity contribution is 9.10. The molecule has 2 rings (SSSR count). The highest BCUT2D eigenvalue weighted by atomic mass is 79.9. The SMILES string of the molecule is FC(F)Oc1ccc(Br)cc1CNCc1ccccc1. The summed E-state index contributed by atoms with van der Waals surface area (Å²) in [6, 6.07) is 14.9. The van der Waals surface area contributed by atoms with E-state index in [0.29, 0.717) is 18.7 Å². The van der Waals surface area contributed by atoms with Crippen LogP contribution in [0, 0.1) is 0 Å². The van der Waals surface area contributed by atoms with Gasteiger partial charge in [0.1, 0.15) is 5.75 Å². The van der Waals surface area contributed by atoms with Gasteiger partial charge in [0.15, 0.2) is 0 Å². The maximum absolute atomic E-state index is 12.3. The fourth-order valence-electron chi connectivity index (χ4n) is 1.83. The molecule has 0 aromatic heterocycles. The molecule has 2 nitrogen and oxygen atoms in total. The molecule has 0 spiro atoms. The van der Waals surface area contributed by atoms with Crippen molar-refractivity contribution in [3.63, 3.8) is 0 Å². The molecule has 0 atom stereocenters. The molecule has 0 bridgehead atoms. The van der Waals surface area contributed by atoms with Gasteiger partial charge in [-0.1, -0.05) is 46.3 Å². The lowest BCUT2D eigenvalue weighted by molar-refractivity contribution is -0.0505. The van der Waals surface area contributed by atoms with Gasteiger partial charge in [0.25, 0.3) is 0 Å². The number of benzene rings is 2. The first-order chi connectivity index (χ1) is 9.65. The molecule has 5 heteroatoms. The molecule has 20 heavy (non-hydrogen) atoms. The molecular formula is C15H14BrF2NO. The van der Waals surface area contributed by atoms with Gasteiger partial charge in [0.05, 0.1) is 0 Å². The van der Waals surface area contributed by atoms with Crippen molar-refractivity contribution in [1.82, 2.24) is 5.32 Å². The van der Waals surface area contributed by atoms with E-state index in [9.17, 15) is 8.78 Å². The van der Waals surface area contributed by atoms with Crippen molar-refractivity contribution in [2.45, 2.75) is 19.7 Å². The maximum Gasteiger partial charge on any atom is 0.387 e. The Bertz CT molecular complexity index is 549. The van der Waals surface area contributed by atoms with Crippen LogP contribution in [-0.2, 0) is 13.1 Å². The first-order valence-corrected chi connectivity index (χ1v) is 6.92. The molecular weight excluding hydrogens is 328 g/mol. The van der Waals surface area contributed by atoms with Gasteiger partial charge in [0, 0.05) is 23.1 Å². The van der Waals surface area contributed by atoms with Crippen LogP contribution >= 0.6 is 15.9 Å². The lowest BCUT2D eigenvalue weighted by Gasteiger charge is -2.12. The van der Waals surface area contributed by atoms with Gasteiger partial charge in [0.2, 0.25) is 0 Å². The summed E-state index contributed by atoms with van der Waals surface area (Å²) in [6.07, 6.45) is 0. The third-order valence-electron chi connectivity index (χ3n) is 2.73. The van der Waals surface area contributed by atoms with E-state index >= 15 is 0 Å². The molecule has 0 fully saturated rings. The third-order valence-corrected chi connectivity index (χ3v) is 3.22. The zero-order valence-corrected chi connectivity index (χ0v) is 12.2. The van der Waals surface area contributed by atoms with Crippen LogP contribution in [0.25, 0.3) is 0 Å².